The molecule has 0 aliphatic heterocycles. The van der Waals surface area contributed by atoms with Crippen LogP contribution in [-0.2, 0) is 6.42 Å². The number of nitrogens with one attached hydrogen (secondary N) is 1. The summed E-state index contributed by atoms with van der Waals surface area (Å²) in [5, 5.41) is 8.74. The molecule has 3 aromatic carbocycles. The van der Waals surface area contributed by atoms with Gasteiger partial charge in [0.05, 0.1) is 26.6 Å². The number of benzene rings is 3. The van der Waals surface area contributed by atoms with Gasteiger partial charge in [-0.15, -0.1) is 11.3 Å². The number of fused-ring (bicyclic) bond motifs is 1. The van der Waals surface area contributed by atoms with Crippen molar-refractivity contribution in [3.63, 3.8) is 0 Å². The Balaban J connectivity index is 1.35. The van der Waals surface area contributed by atoms with Crippen molar-refractivity contribution < 1.29 is 4.74 Å². The number of halogens is 1. The van der Waals surface area contributed by atoms with Crippen LogP contribution in [-0.4, -0.2) is 27.8 Å². The van der Waals surface area contributed by atoms with Crippen molar-refractivity contribution in [3.8, 4) is 38.7 Å². The molecule has 3 heterocycles. The second kappa shape index (κ2) is 10.8. The zero-order valence-corrected chi connectivity index (χ0v) is 22.0. The number of aromatic amines is 1. The Morgan fingerprint density at radius 1 is 0.868 bits per heavy atom. The molecule has 7 heteroatoms. The number of thiophene rings is 1. The van der Waals surface area contributed by atoms with E-state index in [4.69, 9.17) is 27.1 Å². The van der Waals surface area contributed by atoms with Crippen LogP contribution in [0.1, 0.15) is 5.56 Å². The molecular formula is C31H25ClN4OS. The Labute approximate surface area is 229 Å². The minimum Gasteiger partial charge on any atom is -0.490 e. The highest BCUT2D eigenvalue weighted by Gasteiger charge is 2.16. The van der Waals surface area contributed by atoms with Crippen molar-refractivity contribution in [3.05, 3.63) is 113 Å². The van der Waals surface area contributed by atoms with Crippen molar-refractivity contribution in [1.82, 2.24) is 15.2 Å². The van der Waals surface area contributed by atoms with E-state index in [0.717, 1.165) is 54.6 Å². The Bertz CT molecular complexity index is 1680. The quantitative estimate of drug-likeness (QED) is 0.210. The summed E-state index contributed by atoms with van der Waals surface area (Å²) in [6.07, 6.45) is 2.52. The van der Waals surface area contributed by atoms with Crippen molar-refractivity contribution in [2.24, 2.45) is 5.73 Å². The average Bonchev–Trinajstić information content (AvgIpc) is 3.58. The summed E-state index contributed by atoms with van der Waals surface area (Å²) in [5.41, 5.74) is 13.3. The highest BCUT2D eigenvalue weighted by Crippen LogP contribution is 2.38. The molecule has 0 saturated carbocycles. The smallest absolute Gasteiger partial charge is 0.138 e. The van der Waals surface area contributed by atoms with Gasteiger partial charge in [0.2, 0.25) is 0 Å². The minimum atomic E-state index is -0.128. The lowest BCUT2D eigenvalue weighted by Crippen LogP contribution is -2.30. The number of aromatic nitrogens is 3. The van der Waals surface area contributed by atoms with Gasteiger partial charge in [0.15, 0.2) is 0 Å². The Hall–Kier alpha value is -3.97. The average molecular weight is 537 g/mol. The van der Waals surface area contributed by atoms with Crippen LogP contribution in [0.4, 0.5) is 0 Å². The molecule has 38 heavy (non-hydrogen) atoms. The monoisotopic (exact) mass is 536 g/mol. The van der Waals surface area contributed by atoms with E-state index in [0.29, 0.717) is 12.4 Å². The van der Waals surface area contributed by atoms with E-state index in [9.17, 15) is 0 Å². The molecule has 0 amide bonds. The van der Waals surface area contributed by atoms with Gasteiger partial charge in [-0.25, -0.2) is 0 Å². The second-order valence-corrected chi connectivity index (χ2v) is 10.8. The molecule has 3 N–H and O–H groups in total. The molecule has 0 spiro atoms. The molecule has 0 aliphatic carbocycles. The van der Waals surface area contributed by atoms with Crippen molar-refractivity contribution in [1.29, 1.82) is 0 Å². The van der Waals surface area contributed by atoms with E-state index < -0.39 is 0 Å². The minimum absolute atomic E-state index is 0.128. The third kappa shape index (κ3) is 5.20. The molecule has 0 radical (unpaired) electrons. The number of rotatable bonds is 8. The van der Waals surface area contributed by atoms with E-state index in [1.165, 1.54) is 16.9 Å². The number of nitrogens with two attached hydrogens (primary N) is 1. The Morgan fingerprint density at radius 2 is 1.66 bits per heavy atom. The number of ether oxygens (including phenoxy) is 1. The molecule has 5 nitrogen and oxygen atoms in total. The number of H-pyrrole nitrogens is 1. The predicted molar refractivity (Wildman–Crippen MR) is 157 cm³/mol. The fraction of sp³-hybridized carbons (Fsp3) is 0.0968. The molecule has 0 saturated heterocycles. The number of pyridine rings is 1. The van der Waals surface area contributed by atoms with Gasteiger partial charge in [-0.1, -0.05) is 78.3 Å². The summed E-state index contributed by atoms with van der Waals surface area (Å²) in [6, 6.07) is 32.5. The maximum Gasteiger partial charge on any atom is 0.138 e. The van der Waals surface area contributed by atoms with E-state index >= 15 is 0 Å². The summed E-state index contributed by atoms with van der Waals surface area (Å²) in [6.45, 7) is 0.394. The van der Waals surface area contributed by atoms with Crippen molar-refractivity contribution >= 4 is 33.8 Å². The number of hydrogen-bond acceptors (Lipinski definition) is 5. The fourth-order valence-corrected chi connectivity index (χ4v) is 5.61. The first-order valence-electron chi connectivity index (χ1n) is 12.4. The molecule has 1 atom stereocenters. The van der Waals surface area contributed by atoms with Gasteiger partial charge in [-0.2, -0.15) is 5.10 Å². The zero-order valence-electron chi connectivity index (χ0n) is 20.5. The summed E-state index contributed by atoms with van der Waals surface area (Å²) in [5.74, 6) is 0.681. The third-order valence-electron chi connectivity index (χ3n) is 6.40. The first-order chi connectivity index (χ1) is 18.6. The third-order valence-corrected chi connectivity index (χ3v) is 7.63. The molecule has 188 valence electrons. The normalized spacial score (nSPS) is 12.1. The lowest BCUT2D eigenvalue weighted by molar-refractivity contribution is 0.287. The second-order valence-electron chi connectivity index (χ2n) is 9.13. The predicted octanol–water partition coefficient (Wildman–Crippen LogP) is 7.62. The lowest BCUT2D eigenvalue weighted by atomic mass is 9.97. The Kier molecular flexibility index (Phi) is 6.92. The molecule has 6 aromatic rings. The molecule has 0 bridgehead atoms. The first kappa shape index (κ1) is 24.4. The van der Waals surface area contributed by atoms with Gasteiger partial charge < -0.3 is 10.5 Å². The van der Waals surface area contributed by atoms with Crippen molar-refractivity contribution in [2.75, 3.05) is 6.61 Å². The Morgan fingerprint density at radius 3 is 2.42 bits per heavy atom. The van der Waals surface area contributed by atoms with E-state index in [2.05, 4.69) is 52.7 Å². The topological polar surface area (TPSA) is 76.8 Å². The van der Waals surface area contributed by atoms with Gasteiger partial charge in [-0.05, 0) is 47.9 Å². The number of hydrogen-bond donors (Lipinski definition) is 2. The summed E-state index contributed by atoms with van der Waals surface area (Å²) in [7, 11) is 0. The highest BCUT2D eigenvalue weighted by molar-refractivity contribution is 7.19. The van der Waals surface area contributed by atoms with Crippen LogP contribution in [0.3, 0.4) is 0 Å². The SMILES string of the molecule is N[C@H](COc1cnc(-c2ccccc2)c(-c2ccc3[nH]nc(-c4ccc(Cl)s4)c3c2)c1)Cc1ccccc1. The number of nitrogens with zero attached hydrogens (tertiary/aromatic N) is 2. The van der Waals surface area contributed by atoms with Gasteiger partial charge in [0.25, 0.3) is 0 Å². The maximum atomic E-state index is 6.38. The standard InChI is InChI=1S/C31H25ClN4OS/c32-29-14-13-28(38-29)31-26-16-22(11-12-27(26)35-36-31)25-17-24(18-34-30(25)21-9-5-2-6-10-21)37-19-23(33)15-20-7-3-1-4-8-20/h1-14,16-18,23H,15,19,33H2,(H,35,36)/t23-/m0/s1. The first-order valence-corrected chi connectivity index (χ1v) is 13.6. The zero-order chi connectivity index (χ0) is 25.9. The fourth-order valence-electron chi connectivity index (χ4n) is 4.56. The highest BCUT2D eigenvalue weighted by atomic mass is 35.5. The summed E-state index contributed by atoms with van der Waals surface area (Å²) >= 11 is 7.72. The van der Waals surface area contributed by atoms with Crippen molar-refractivity contribution in [2.45, 2.75) is 12.5 Å². The molecule has 3 aromatic heterocycles. The van der Waals surface area contributed by atoms with Crippen LogP contribution in [0.15, 0.2) is 103 Å². The molecule has 0 unspecified atom stereocenters. The summed E-state index contributed by atoms with van der Waals surface area (Å²) < 4.78 is 6.88. The van der Waals surface area contributed by atoms with Gasteiger partial charge in [-0.3, -0.25) is 10.1 Å². The van der Waals surface area contributed by atoms with E-state index in [1.54, 1.807) is 6.20 Å². The van der Waals surface area contributed by atoms with E-state index in [-0.39, 0.29) is 6.04 Å². The van der Waals surface area contributed by atoms with Crippen LogP contribution in [0, 0.1) is 0 Å². The molecule has 0 aliphatic rings. The molecule has 6 rings (SSSR count). The van der Waals surface area contributed by atoms with Gasteiger partial charge in [0, 0.05) is 22.6 Å². The van der Waals surface area contributed by atoms with Crippen LogP contribution in [0.5, 0.6) is 5.75 Å². The van der Waals surface area contributed by atoms with E-state index in [1.807, 2.05) is 54.6 Å². The van der Waals surface area contributed by atoms with Crippen LogP contribution < -0.4 is 10.5 Å². The molecule has 0 fully saturated rings. The lowest BCUT2D eigenvalue weighted by Gasteiger charge is -2.16. The van der Waals surface area contributed by atoms with Crippen LogP contribution in [0.25, 0.3) is 43.9 Å². The molecular weight excluding hydrogens is 512 g/mol. The summed E-state index contributed by atoms with van der Waals surface area (Å²) in [4.78, 5) is 5.85. The van der Waals surface area contributed by atoms with Gasteiger partial charge >= 0.3 is 0 Å². The van der Waals surface area contributed by atoms with Gasteiger partial charge in [0.1, 0.15) is 18.1 Å². The van der Waals surface area contributed by atoms with Crippen LogP contribution >= 0.6 is 22.9 Å². The largest absolute Gasteiger partial charge is 0.490 e. The maximum absolute atomic E-state index is 6.38. The van der Waals surface area contributed by atoms with Crippen LogP contribution in [0.2, 0.25) is 4.34 Å².